The number of ether oxygens (including phenoxy) is 1. The van der Waals surface area contributed by atoms with Gasteiger partial charge in [-0.05, 0) is 31.1 Å². The summed E-state index contributed by atoms with van der Waals surface area (Å²) in [5.41, 5.74) is 0.653. The van der Waals surface area contributed by atoms with E-state index in [1.807, 2.05) is 0 Å². The van der Waals surface area contributed by atoms with Gasteiger partial charge < -0.3 is 4.74 Å². The summed E-state index contributed by atoms with van der Waals surface area (Å²) in [4.78, 5) is 11.4. The largest absolute Gasteiger partial charge is 0.461 e. The summed E-state index contributed by atoms with van der Waals surface area (Å²) in [5.74, 6) is 0.0244. The van der Waals surface area contributed by atoms with Crippen molar-refractivity contribution >= 4 is 28.6 Å². The third-order valence-electron chi connectivity index (χ3n) is 4.19. The van der Waals surface area contributed by atoms with Crippen LogP contribution >= 0.6 is 22.6 Å². The molecular formula is C12H19IO2. The van der Waals surface area contributed by atoms with Crippen molar-refractivity contribution in [1.29, 1.82) is 0 Å². The Labute approximate surface area is 105 Å². The van der Waals surface area contributed by atoms with Gasteiger partial charge >= 0.3 is 5.97 Å². The van der Waals surface area contributed by atoms with Crippen molar-refractivity contribution in [1.82, 2.24) is 0 Å². The Hall–Kier alpha value is 0.200. The first-order valence-corrected chi connectivity index (χ1v) is 7.26. The maximum absolute atomic E-state index is 11.4. The van der Waals surface area contributed by atoms with E-state index >= 15 is 0 Å². The zero-order valence-corrected chi connectivity index (χ0v) is 11.7. The molecule has 0 amide bonds. The zero-order valence-electron chi connectivity index (χ0n) is 9.51. The fourth-order valence-electron chi connectivity index (χ4n) is 2.85. The Kier molecular flexibility index (Phi) is 3.03. The summed E-state index contributed by atoms with van der Waals surface area (Å²) >= 11 is 2.34. The van der Waals surface area contributed by atoms with Crippen LogP contribution < -0.4 is 0 Å². The van der Waals surface area contributed by atoms with Gasteiger partial charge in [-0.3, -0.25) is 4.79 Å². The summed E-state index contributed by atoms with van der Waals surface area (Å²) < 4.78 is 6.37. The number of rotatable bonds is 1. The third-order valence-corrected chi connectivity index (χ3v) is 4.99. The van der Waals surface area contributed by atoms with Crippen molar-refractivity contribution in [3.63, 3.8) is 0 Å². The van der Waals surface area contributed by atoms with E-state index in [4.69, 9.17) is 4.74 Å². The van der Waals surface area contributed by atoms with Crippen molar-refractivity contribution in [2.75, 3.05) is 4.43 Å². The molecule has 1 saturated heterocycles. The molecule has 1 spiro atoms. The van der Waals surface area contributed by atoms with Crippen LogP contribution in [0.15, 0.2) is 0 Å². The zero-order chi connectivity index (χ0) is 11.1. The molecule has 0 bridgehead atoms. The van der Waals surface area contributed by atoms with Crippen molar-refractivity contribution in [3.05, 3.63) is 0 Å². The second-order valence-electron chi connectivity index (χ2n) is 5.84. The van der Waals surface area contributed by atoms with E-state index in [1.54, 1.807) is 0 Å². The quantitative estimate of drug-likeness (QED) is 0.420. The SMILES string of the molecule is CC1(C)CCC2(CC1)CC(=O)OC2CI. The van der Waals surface area contributed by atoms with E-state index in [0.29, 0.717) is 11.8 Å². The number of hydrogen-bond acceptors (Lipinski definition) is 2. The third kappa shape index (κ3) is 2.17. The predicted octanol–water partition coefficient (Wildman–Crippen LogP) is 3.32. The van der Waals surface area contributed by atoms with Crippen LogP contribution in [0.1, 0.15) is 46.0 Å². The van der Waals surface area contributed by atoms with E-state index in [2.05, 4.69) is 36.4 Å². The summed E-state index contributed by atoms with van der Waals surface area (Å²) in [6, 6.07) is 0. The smallest absolute Gasteiger partial charge is 0.306 e. The monoisotopic (exact) mass is 322 g/mol. The molecule has 2 fully saturated rings. The lowest BCUT2D eigenvalue weighted by molar-refractivity contribution is -0.140. The van der Waals surface area contributed by atoms with E-state index in [0.717, 1.165) is 4.43 Å². The molecular weight excluding hydrogens is 303 g/mol. The number of hydrogen-bond donors (Lipinski definition) is 0. The first-order valence-electron chi connectivity index (χ1n) is 5.73. The molecule has 1 atom stereocenters. The van der Waals surface area contributed by atoms with Gasteiger partial charge in [-0.2, -0.15) is 0 Å². The van der Waals surface area contributed by atoms with Crippen LogP contribution in [0.5, 0.6) is 0 Å². The standard InChI is InChI=1S/C12H19IO2/c1-11(2)3-5-12(6-4-11)7-10(14)15-9(12)8-13/h9H,3-8H2,1-2H3. The van der Waals surface area contributed by atoms with E-state index in [1.165, 1.54) is 25.7 Å². The van der Waals surface area contributed by atoms with Crippen LogP contribution in [0.3, 0.4) is 0 Å². The minimum atomic E-state index is 0.0244. The molecule has 1 aliphatic carbocycles. The van der Waals surface area contributed by atoms with Crippen molar-refractivity contribution < 1.29 is 9.53 Å². The molecule has 15 heavy (non-hydrogen) atoms. The Morgan fingerprint density at radius 2 is 1.93 bits per heavy atom. The Morgan fingerprint density at radius 3 is 2.47 bits per heavy atom. The summed E-state index contributed by atoms with van der Waals surface area (Å²) in [7, 11) is 0. The van der Waals surface area contributed by atoms with E-state index in [9.17, 15) is 4.79 Å². The lowest BCUT2D eigenvalue weighted by Gasteiger charge is -2.42. The molecule has 3 heteroatoms. The molecule has 1 unspecified atom stereocenters. The highest BCUT2D eigenvalue weighted by atomic mass is 127. The first kappa shape index (κ1) is 11.7. The summed E-state index contributed by atoms with van der Waals surface area (Å²) in [6.07, 6.45) is 5.64. The Balaban J connectivity index is 2.11. The number of carbonyl (C=O) groups is 1. The topological polar surface area (TPSA) is 26.3 Å². The molecule has 1 saturated carbocycles. The lowest BCUT2D eigenvalue weighted by Crippen LogP contribution is -2.38. The second-order valence-corrected chi connectivity index (χ2v) is 6.72. The predicted molar refractivity (Wildman–Crippen MR) is 68.1 cm³/mol. The van der Waals surface area contributed by atoms with Gasteiger partial charge in [0.1, 0.15) is 6.10 Å². The molecule has 0 aromatic rings. The molecule has 2 nitrogen and oxygen atoms in total. The fraction of sp³-hybridized carbons (Fsp3) is 0.917. The Bertz CT molecular complexity index is 263. The van der Waals surface area contributed by atoms with Gasteiger partial charge in [-0.25, -0.2) is 0 Å². The minimum absolute atomic E-state index is 0.0244. The summed E-state index contributed by atoms with van der Waals surface area (Å²) in [5, 5.41) is 0. The van der Waals surface area contributed by atoms with Crippen LogP contribution in [0.2, 0.25) is 0 Å². The molecule has 1 aliphatic heterocycles. The average molecular weight is 322 g/mol. The molecule has 86 valence electrons. The molecule has 0 aromatic heterocycles. The highest BCUT2D eigenvalue weighted by molar-refractivity contribution is 14.1. The number of halogens is 1. The van der Waals surface area contributed by atoms with Gasteiger partial charge in [0.15, 0.2) is 0 Å². The molecule has 2 aliphatic rings. The maximum Gasteiger partial charge on any atom is 0.306 e. The first-order chi connectivity index (χ1) is 6.97. The van der Waals surface area contributed by atoms with Crippen LogP contribution in [-0.4, -0.2) is 16.5 Å². The minimum Gasteiger partial charge on any atom is -0.461 e. The van der Waals surface area contributed by atoms with Gasteiger partial charge in [-0.15, -0.1) is 0 Å². The van der Waals surface area contributed by atoms with Crippen LogP contribution in [0.4, 0.5) is 0 Å². The molecule has 0 radical (unpaired) electrons. The number of alkyl halides is 1. The average Bonchev–Trinajstić information content (AvgIpc) is 2.49. The molecule has 0 aromatic carbocycles. The Morgan fingerprint density at radius 1 is 1.33 bits per heavy atom. The molecule has 1 heterocycles. The van der Waals surface area contributed by atoms with Gasteiger partial charge in [0.2, 0.25) is 0 Å². The van der Waals surface area contributed by atoms with E-state index in [-0.39, 0.29) is 17.5 Å². The normalized spacial score (nSPS) is 33.0. The summed E-state index contributed by atoms with van der Waals surface area (Å²) in [6.45, 7) is 4.66. The molecule has 2 rings (SSSR count). The maximum atomic E-state index is 11.4. The van der Waals surface area contributed by atoms with E-state index < -0.39 is 0 Å². The van der Waals surface area contributed by atoms with Gasteiger partial charge in [0.25, 0.3) is 0 Å². The fourth-order valence-corrected chi connectivity index (χ4v) is 3.96. The van der Waals surface area contributed by atoms with Gasteiger partial charge in [0, 0.05) is 9.84 Å². The number of carbonyl (C=O) groups excluding carboxylic acids is 1. The highest BCUT2D eigenvalue weighted by Gasteiger charge is 2.50. The van der Waals surface area contributed by atoms with Crippen molar-refractivity contribution in [2.45, 2.75) is 52.1 Å². The lowest BCUT2D eigenvalue weighted by atomic mass is 9.62. The number of esters is 1. The number of cyclic esters (lactones) is 1. The van der Waals surface area contributed by atoms with Crippen molar-refractivity contribution in [3.8, 4) is 0 Å². The highest BCUT2D eigenvalue weighted by Crippen LogP contribution is 2.52. The molecule has 0 N–H and O–H groups in total. The van der Waals surface area contributed by atoms with Crippen LogP contribution in [-0.2, 0) is 9.53 Å². The van der Waals surface area contributed by atoms with Crippen LogP contribution in [0.25, 0.3) is 0 Å². The van der Waals surface area contributed by atoms with Crippen molar-refractivity contribution in [2.24, 2.45) is 10.8 Å². The second kappa shape index (κ2) is 3.90. The van der Waals surface area contributed by atoms with Crippen LogP contribution in [0, 0.1) is 10.8 Å². The van der Waals surface area contributed by atoms with Gasteiger partial charge in [0.05, 0.1) is 6.42 Å². The van der Waals surface area contributed by atoms with Gasteiger partial charge in [-0.1, -0.05) is 36.4 Å².